The van der Waals surface area contributed by atoms with Gasteiger partial charge < -0.3 is 5.32 Å². The monoisotopic (exact) mass is 491 g/mol. The molecule has 11 heteroatoms. The van der Waals surface area contributed by atoms with Crippen LogP contribution < -0.4 is 10.6 Å². The molecule has 6 nitrogen and oxygen atoms in total. The Morgan fingerprint density at radius 3 is 2.44 bits per heavy atom. The fraction of sp³-hybridized carbons (Fsp3) is 0.714. The largest absolute Gasteiger partial charge is 0.404 e. The van der Waals surface area contributed by atoms with Gasteiger partial charge in [-0.1, -0.05) is 25.8 Å². The molecular weight excluding hydrogens is 463 g/mol. The number of nitrogens with zero attached hydrogens (tertiary/aromatic N) is 1. The number of hydrogen-bond donors (Lipinski definition) is 2. The Morgan fingerprint density at radius 1 is 1.28 bits per heavy atom. The van der Waals surface area contributed by atoms with Gasteiger partial charge in [0.05, 0.1) is 17.6 Å². The number of rotatable bonds is 10. The zero-order chi connectivity index (χ0) is 23.6. The van der Waals surface area contributed by atoms with E-state index < -0.39 is 57.1 Å². The first-order valence-electron chi connectivity index (χ1n) is 10.6. The summed E-state index contributed by atoms with van der Waals surface area (Å²) in [6.45, 7) is 1.87. The van der Waals surface area contributed by atoms with Crippen molar-refractivity contribution in [3.63, 3.8) is 0 Å². The van der Waals surface area contributed by atoms with Crippen LogP contribution in [-0.2, 0) is 21.1 Å². The lowest BCUT2D eigenvalue weighted by atomic mass is 9.92. The minimum absolute atomic E-state index is 0.170. The summed E-state index contributed by atoms with van der Waals surface area (Å²) in [7, 11) is -3.83. The summed E-state index contributed by atoms with van der Waals surface area (Å²) in [5.41, 5.74) is -1.54. The molecule has 1 aromatic rings. The molecule has 0 spiro atoms. The fourth-order valence-electron chi connectivity index (χ4n) is 4.27. The maximum Gasteiger partial charge on any atom is 0.404 e. The minimum atomic E-state index is -4.68. The van der Waals surface area contributed by atoms with Crippen LogP contribution in [0.25, 0.3) is 0 Å². The highest BCUT2D eigenvalue weighted by Crippen LogP contribution is 2.39. The molecule has 2 aliphatic rings. The Hall–Kier alpha value is -1.64. The van der Waals surface area contributed by atoms with Crippen molar-refractivity contribution in [3.05, 3.63) is 22.4 Å². The molecule has 2 fully saturated rings. The second kappa shape index (κ2) is 9.31. The number of amides is 1. The number of carbonyl (C=O) groups excluding carboxylic acids is 1. The number of carbonyl (C=O) groups is 1. The average Bonchev–Trinajstić information content (AvgIpc) is 3.05. The summed E-state index contributed by atoms with van der Waals surface area (Å²) in [6, 6.07) is 1.45. The van der Waals surface area contributed by atoms with Crippen LogP contribution in [0.1, 0.15) is 50.3 Å². The Bertz CT molecular complexity index is 945. The van der Waals surface area contributed by atoms with Crippen molar-refractivity contribution in [2.24, 2.45) is 5.41 Å². The maximum absolute atomic E-state index is 13.8. The second-order valence-corrected chi connectivity index (χ2v) is 12.5. The summed E-state index contributed by atoms with van der Waals surface area (Å²) in [6.07, 6.45) is -1.02. The van der Waals surface area contributed by atoms with Gasteiger partial charge in [0.15, 0.2) is 9.84 Å². The predicted octanol–water partition coefficient (Wildman–Crippen LogP) is 3.35. The van der Waals surface area contributed by atoms with E-state index in [1.807, 2.05) is 13.0 Å². The van der Waals surface area contributed by atoms with Crippen LogP contribution in [0.4, 0.5) is 13.2 Å². The number of nitrogens with one attached hydrogen (secondary N) is 2. The molecule has 32 heavy (non-hydrogen) atoms. The Balaban J connectivity index is 1.80. The Morgan fingerprint density at radius 2 is 1.94 bits per heavy atom. The summed E-state index contributed by atoms with van der Waals surface area (Å²) < 4.78 is 67.2. The third-order valence-corrected chi connectivity index (χ3v) is 9.10. The molecule has 2 aliphatic carbocycles. The summed E-state index contributed by atoms with van der Waals surface area (Å²) in [5, 5.41) is 15.6. The number of halogens is 3. The van der Waals surface area contributed by atoms with Crippen LogP contribution in [0.15, 0.2) is 17.5 Å². The van der Waals surface area contributed by atoms with Gasteiger partial charge in [-0.05, 0) is 42.5 Å². The minimum Gasteiger partial charge on any atom is -0.336 e. The number of thiophene rings is 1. The number of hydrogen-bond acceptors (Lipinski definition) is 6. The molecule has 2 saturated carbocycles. The van der Waals surface area contributed by atoms with Gasteiger partial charge in [0.25, 0.3) is 0 Å². The molecule has 0 unspecified atom stereocenters. The average molecular weight is 492 g/mol. The first-order chi connectivity index (χ1) is 14.9. The summed E-state index contributed by atoms with van der Waals surface area (Å²) >= 11 is 1.16. The van der Waals surface area contributed by atoms with Crippen molar-refractivity contribution in [3.8, 4) is 6.07 Å². The van der Waals surface area contributed by atoms with E-state index in [9.17, 15) is 31.6 Å². The van der Waals surface area contributed by atoms with E-state index in [1.165, 1.54) is 0 Å². The van der Waals surface area contributed by atoms with E-state index in [1.54, 1.807) is 17.5 Å². The van der Waals surface area contributed by atoms with Gasteiger partial charge in [0, 0.05) is 11.3 Å². The van der Waals surface area contributed by atoms with Crippen molar-refractivity contribution in [2.75, 3.05) is 11.5 Å². The molecule has 1 heterocycles. The Labute approximate surface area is 190 Å². The van der Waals surface area contributed by atoms with Crippen LogP contribution in [0, 0.1) is 16.7 Å². The van der Waals surface area contributed by atoms with Crippen LogP contribution in [-0.4, -0.2) is 49.6 Å². The summed E-state index contributed by atoms with van der Waals surface area (Å²) in [4.78, 5) is 13.3. The zero-order valence-electron chi connectivity index (χ0n) is 17.9. The van der Waals surface area contributed by atoms with Crippen molar-refractivity contribution in [2.45, 2.75) is 75.7 Å². The molecule has 1 amide bonds. The lowest BCUT2D eigenvalue weighted by Gasteiger charge is -2.29. The van der Waals surface area contributed by atoms with Crippen molar-refractivity contribution in [1.82, 2.24) is 10.6 Å². The van der Waals surface area contributed by atoms with Crippen molar-refractivity contribution >= 4 is 27.1 Å². The zero-order valence-corrected chi connectivity index (χ0v) is 19.5. The van der Waals surface area contributed by atoms with Crippen LogP contribution in [0.3, 0.4) is 0 Å². The third kappa shape index (κ3) is 6.68. The van der Waals surface area contributed by atoms with Crippen LogP contribution >= 0.6 is 11.3 Å². The highest BCUT2D eigenvalue weighted by atomic mass is 32.2. The van der Waals surface area contributed by atoms with Gasteiger partial charge in [-0.2, -0.15) is 18.4 Å². The van der Waals surface area contributed by atoms with E-state index in [4.69, 9.17) is 0 Å². The lowest BCUT2D eigenvalue weighted by molar-refractivity contribution is -0.158. The smallest absolute Gasteiger partial charge is 0.336 e. The molecule has 178 valence electrons. The number of nitriles is 1. The van der Waals surface area contributed by atoms with Crippen LogP contribution in [0.2, 0.25) is 0 Å². The molecule has 2 atom stereocenters. The second-order valence-electron chi connectivity index (χ2n) is 9.35. The van der Waals surface area contributed by atoms with E-state index in [2.05, 4.69) is 10.6 Å². The standard InChI is InChI=1S/C21H28F3N3O3S2/c1-19(6-2-3-7-19)14-32(29,30)12-16(18(28)27-20(13-25)8-9-20)26-17(21(22,23)24)11-15-5-4-10-31-15/h4-5,10,16-17,26H,2-3,6-9,11-12,14H2,1H3,(H,27,28)/t16-,17-/m0/s1. The highest BCUT2D eigenvalue weighted by Gasteiger charge is 2.48. The quantitative estimate of drug-likeness (QED) is 0.523. The van der Waals surface area contributed by atoms with E-state index in [-0.39, 0.29) is 5.75 Å². The fourth-order valence-corrected chi connectivity index (χ4v) is 7.25. The molecule has 0 aliphatic heterocycles. The van der Waals surface area contributed by atoms with E-state index >= 15 is 0 Å². The topological polar surface area (TPSA) is 99.1 Å². The molecule has 3 rings (SSSR count). The van der Waals surface area contributed by atoms with E-state index in [0.717, 1.165) is 37.0 Å². The van der Waals surface area contributed by atoms with Gasteiger partial charge >= 0.3 is 6.18 Å². The Kier molecular flexibility index (Phi) is 7.27. The SMILES string of the molecule is CC1(CS(=O)(=O)C[C@H](N[C@@H](Cc2cccs2)C(F)(F)F)C(=O)NC2(C#N)CC2)CCCC1. The van der Waals surface area contributed by atoms with Crippen LogP contribution in [0.5, 0.6) is 0 Å². The highest BCUT2D eigenvalue weighted by molar-refractivity contribution is 7.91. The maximum atomic E-state index is 13.8. The molecule has 0 aromatic carbocycles. The van der Waals surface area contributed by atoms with Crippen molar-refractivity contribution in [1.29, 1.82) is 5.26 Å². The van der Waals surface area contributed by atoms with Gasteiger partial charge in [-0.15, -0.1) is 11.3 Å². The molecular formula is C21H28F3N3O3S2. The predicted molar refractivity (Wildman–Crippen MR) is 116 cm³/mol. The lowest BCUT2D eigenvalue weighted by Crippen LogP contribution is -2.58. The first-order valence-corrected chi connectivity index (χ1v) is 13.3. The van der Waals surface area contributed by atoms with Gasteiger partial charge in [-0.3, -0.25) is 10.1 Å². The van der Waals surface area contributed by atoms with Gasteiger partial charge in [0.1, 0.15) is 17.6 Å². The molecule has 2 N–H and O–H groups in total. The number of sulfone groups is 1. The molecule has 0 radical (unpaired) electrons. The molecule has 1 aromatic heterocycles. The molecule has 0 saturated heterocycles. The first kappa shape index (κ1) is 25.0. The molecule has 0 bridgehead atoms. The van der Waals surface area contributed by atoms with E-state index in [0.29, 0.717) is 17.7 Å². The number of alkyl halides is 3. The third-order valence-electron chi connectivity index (χ3n) is 6.23. The summed E-state index contributed by atoms with van der Waals surface area (Å²) in [5.74, 6) is -1.80. The van der Waals surface area contributed by atoms with Gasteiger partial charge in [0.2, 0.25) is 5.91 Å². The normalized spacial score (nSPS) is 21.5. The van der Waals surface area contributed by atoms with Gasteiger partial charge in [-0.25, -0.2) is 8.42 Å². The van der Waals surface area contributed by atoms with Crippen molar-refractivity contribution < 1.29 is 26.4 Å².